The van der Waals surface area contributed by atoms with Crippen molar-refractivity contribution >= 4 is 0 Å². The fourth-order valence-electron chi connectivity index (χ4n) is 4.11. The van der Waals surface area contributed by atoms with Crippen LogP contribution in [0.3, 0.4) is 0 Å². The Labute approximate surface area is 81.5 Å². The lowest BCUT2D eigenvalue weighted by molar-refractivity contribution is 0.0251. The third-order valence-electron chi connectivity index (χ3n) is 4.52. The van der Waals surface area contributed by atoms with Gasteiger partial charge < -0.3 is 0 Å². The number of hydrogen-bond acceptors (Lipinski definition) is 1. The van der Waals surface area contributed by atoms with Crippen molar-refractivity contribution in [3.8, 4) is 0 Å². The highest BCUT2D eigenvalue weighted by molar-refractivity contribution is 4.98. The molecule has 3 aliphatic rings. The molecule has 3 aliphatic heterocycles. The molecule has 1 nitrogen and oxygen atoms in total. The highest BCUT2D eigenvalue weighted by atomic mass is 15.3. The summed E-state index contributed by atoms with van der Waals surface area (Å²) in [6.45, 7) is 2.46. The second kappa shape index (κ2) is 2.98. The molecule has 0 N–H and O–H groups in total. The first-order valence-electron chi connectivity index (χ1n) is 6.12. The minimum absolute atomic E-state index is 0.981. The molecular weight excluding hydrogens is 158 g/mol. The van der Waals surface area contributed by atoms with Gasteiger partial charge >= 0.3 is 0 Å². The lowest BCUT2D eigenvalue weighted by Crippen LogP contribution is -2.51. The molecular formula is C12H21N. The number of piperidine rings is 2. The Balaban J connectivity index is 1.83. The maximum absolute atomic E-state index is 2.91. The zero-order valence-corrected chi connectivity index (χ0v) is 8.71. The Hall–Kier alpha value is -0.0400. The van der Waals surface area contributed by atoms with E-state index in [9.17, 15) is 0 Å². The van der Waals surface area contributed by atoms with Crippen LogP contribution in [0.2, 0.25) is 0 Å². The van der Waals surface area contributed by atoms with Gasteiger partial charge in [0.2, 0.25) is 0 Å². The fraction of sp³-hybridized carbons (Fsp3) is 1.00. The van der Waals surface area contributed by atoms with Gasteiger partial charge in [-0.1, -0.05) is 13.3 Å². The second-order valence-electron chi connectivity index (χ2n) is 5.49. The Bertz CT molecular complexity index is 201. The summed E-state index contributed by atoms with van der Waals surface area (Å²) in [6, 6.07) is 2.96. The predicted octanol–water partition coefficient (Wildman–Crippen LogP) is 2.80. The maximum atomic E-state index is 2.91. The first-order chi connectivity index (χ1) is 6.34. The van der Waals surface area contributed by atoms with Gasteiger partial charge in [-0.05, 0) is 44.4 Å². The molecule has 3 fully saturated rings. The van der Waals surface area contributed by atoms with Gasteiger partial charge in [-0.3, -0.25) is 4.90 Å². The van der Waals surface area contributed by atoms with Crippen LogP contribution >= 0.6 is 0 Å². The zero-order valence-electron chi connectivity index (χ0n) is 8.71. The highest BCUT2D eigenvalue weighted by Gasteiger charge is 2.43. The van der Waals surface area contributed by atoms with E-state index in [4.69, 9.17) is 0 Å². The monoisotopic (exact) mass is 179 g/mol. The molecule has 3 rings (SSSR count). The molecule has 74 valence electrons. The SMILES string of the molecule is C[C@H]1C[C@H]2CCC[C@@H]3CC[C@@H](C1)N32. The van der Waals surface area contributed by atoms with Crippen LogP contribution in [0.4, 0.5) is 0 Å². The average Bonchev–Trinajstić information content (AvgIpc) is 2.50. The summed E-state index contributed by atoms with van der Waals surface area (Å²) in [5.41, 5.74) is 0. The first kappa shape index (κ1) is 8.28. The molecule has 0 aromatic carbocycles. The molecule has 0 aliphatic carbocycles. The summed E-state index contributed by atoms with van der Waals surface area (Å²) in [6.07, 6.45) is 10.5. The minimum Gasteiger partial charge on any atom is -0.294 e. The van der Waals surface area contributed by atoms with Crippen LogP contribution in [0.25, 0.3) is 0 Å². The molecule has 0 amide bonds. The largest absolute Gasteiger partial charge is 0.294 e. The van der Waals surface area contributed by atoms with Crippen molar-refractivity contribution < 1.29 is 0 Å². The van der Waals surface area contributed by atoms with Crippen molar-refractivity contribution in [3.05, 3.63) is 0 Å². The van der Waals surface area contributed by atoms with E-state index in [-0.39, 0.29) is 0 Å². The maximum Gasteiger partial charge on any atom is 0.0104 e. The van der Waals surface area contributed by atoms with Crippen LogP contribution < -0.4 is 0 Å². The van der Waals surface area contributed by atoms with Crippen LogP contribution in [0, 0.1) is 5.92 Å². The van der Waals surface area contributed by atoms with E-state index < -0.39 is 0 Å². The molecule has 0 bridgehead atoms. The fourth-order valence-corrected chi connectivity index (χ4v) is 4.11. The quantitative estimate of drug-likeness (QED) is 0.552. The van der Waals surface area contributed by atoms with Crippen molar-refractivity contribution in [3.63, 3.8) is 0 Å². The van der Waals surface area contributed by atoms with Crippen LogP contribution in [-0.4, -0.2) is 23.0 Å². The summed E-state index contributed by atoms with van der Waals surface area (Å²) >= 11 is 0. The predicted molar refractivity (Wildman–Crippen MR) is 54.7 cm³/mol. The summed E-state index contributed by atoms with van der Waals surface area (Å²) < 4.78 is 0. The standard InChI is InChI=1S/C12H21N/c1-9-7-11-4-2-3-10-5-6-12(8-9)13(10)11/h9-12H,2-8H2,1H3/t9-,10+,11+,12-/m0/s1. The molecule has 0 aromatic rings. The number of nitrogens with zero attached hydrogens (tertiary/aromatic N) is 1. The van der Waals surface area contributed by atoms with E-state index in [1.807, 2.05) is 0 Å². The van der Waals surface area contributed by atoms with Crippen molar-refractivity contribution in [2.45, 2.75) is 70.0 Å². The molecule has 3 saturated heterocycles. The third kappa shape index (κ3) is 1.24. The summed E-state index contributed by atoms with van der Waals surface area (Å²) in [5.74, 6) is 1.00. The second-order valence-corrected chi connectivity index (χ2v) is 5.49. The van der Waals surface area contributed by atoms with E-state index in [0.29, 0.717) is 0 Å². The lowest BCUT2D eigenvalue weighted by atomic mass is 9.83. The van der Waals surface area contributed by atoms with Crippen LogP contribution in [-0.2, 0) is 0 Å². The highest BCUT2D eigenvalue weighted by Crippen LogP contribution is 2.43. The van der Waals surface area contributed by atoms with Gasteiger partial charge in [0.05, 0.1) is 0 Å². The van der Waals surface area contributed by atoms with Gasteiger partial charge in [-0.15, -0.1) is 0 Å². The minimum atomic E-state index is 0.981. The zero-order chi connectivity index (χ0) is 8.84. The van der Waals surface area contributed by atoms with Crippen molar-refractivity contribution in [2.24, 2.45) is 5.92 Å². The topological polar surface area (TPSA) is 3.24 Å². The first-order valence-corrected chi connectivity index (χ1v) is 6.12. The van der Waals surface area contributed by atoms with Crippen molar-refractivity contribution in [1.29, 1.82) is 0 Å². The summed E-state index contributed by atoms with van der Waals surface area (Å²) in [7, 11) is 0. The summed E-state index contributed by atoms with van der Waals surface area (Å²) in [4.78, 5) is 2.91. The Morgan fingerprint density at radius 1 is 0.846 bits per heavy atom. The summed E-state index contributed by atoms with van der Waals surface area (Å²) in [5, 5.41) is 0. The lowest BCUT2D eigenvalue weighted by Gasteiger charge is -2.46. The van der Waals surface area contributed by atoms with Crippen LogP contribution in [0.5, 0.6) is 0 Å². The number of hydrogen-bond donors (Lipinski definition) is 0. The van der Waals surface area contributed by atoms with Crippen LogP contribution in [0.15, 0.2) is 0 Å². The molecule has 4 atom stereocenters. The van der Waals surface area contributed by atoms with Crippen molar-refractivity contribution in [1.82, 2.24) is 4.90 Å². The van der Waals surface area contributed by atoms with E-state index >= 15 is 0 Å². The van der Waals surface area contributed by atoms with Gasteiger partial charge in [-0.2, -0.15) is 0 Å². The molecule has 0 aromatic heterocycles. The average molecular weight is 179 g/mol. The molecule has 3 heterocycles. The molecule has 0 spiro atoms. The van der Waals surface area contributed by atoms with Crippen molar-refractivity contribution in [2.75, 3.05) is 0 Å². The van der Waals surface area contributed by atoms with E-state index in [2.05, 4.69) is 11.8 Å². The van der Waals surface area contributed by atoms with Gasteiger partial charge in [0.1, 0.15) is 0 Å². The van der Waals surface area contributed by atoms with Gasteiger partial charge in [0.25, 0.3) is 0 Å². The Kier molecular flexibility index (Phi) is 1.90. The molecule has 1 heteroatoms. The van der Waals surface area contributed by atoms with Gasteiger partial charge in [-0.25, -0.2) is 0 Å². The molecule has 13 heavy (non-hydrogen) atoms. The van der Waals surface area contributed by atoms with E-state index in [1.54, 1.807) is 0 Å². The number of rotatable bonds is 0. The van der Waals surface area contributed by atoms with Gasteiger partial charge in [0, 0.05) is 18.1 Å². The van der Waals surface area contributed by atoms with E-state index in [0.717, 1.165) is 24.0 Å². The smallest absolute Gasteiger partial charge is 0.0104 e. The molecule has 0 unspecified atom stereocenters. The Morgan fingerprint density at radius 3 is 2.31 bits per heavy atom. The Morgan fingerprint density at radius 2 is 1.46 bits per heavy atom. The normalized spacial score (nSPS) is 50.5. The van der Waals surface area contributed by atoms with Gasteiger partial charge in [0.15, 0.2) is 0 Å². The molecule has 0 radical (unpaired) electrons. The molecule has 0 saturated carbocycles. The third-order valence-corrected chi connectivity index (χ3v) is 4.52. The van der Waals surface area contributed by atoms with E-state index in [1.165, 1.54) is 44.9 Å². The van der Waals surface area contributed by atoms with Crippen LogP contribution in [0.1, 0.15) is 51.9 Å².